The molecule has 0 aromatic heterocycles. The van der Waals surface area contributed by atoms with Crippen molar-refractivity contribution in [2.75, 3.05) is 19.8 Å². The van der Waals surface area contributed by atoms with Crippen LogP contribution in [0, 0.1) is 0 Å². The summed E-state index contributed by atoms with van der Waals surface area (Å²) in [4.78, 5) is 45.9. The second kappa shape index (κ2) is 39.0. The Labute approximate surface area is 338 Å². The molecule has 3 atom stereocenters. The number of esters is 2. The van der Waals surface area contributed by atoms with E-state index in [1.807, 2.05) is 0 Å². The van der Waals surface area contributed by atoms with Gasteiger partial charge in [-0.15, -0.1) is 0 Å². The predicted octanol–water partition coefficient (Wildman–Crippen LogP) is 11.2. The Morgan fingerprint density at radius 1 is 0.571 bits per heavy atom. The van der Waals surface area contributed by atoms with Crippen molar-refractivity contribution in [2.45, 2.75) is 180 Å². The first-order chi connectivity index (χ1) is 27.1. The molecule has 0 aliphatic carbocycles. The van der Waals surface area contributed by atoms with Crippen molar-refractivity contribution in [3.63, 3.8) is 0 Å². The highest BCUT2D eigenvalue weighted by atomic mass is 31.2. The van der Waals surface area contributed by atoms with Gasteiger partial charge < -0.3 is 25.2 Å². The molecule has 0 bridgehead atoms. The molecule has 0 radical (unpaired) electrons. The number of aliphatic carboxylic acids is 1. The molecule has 0 aromatic carbocycles. The topological polar surface area (TPSA) is 172 Å². The number of ether oxygens (including phenoxy) is 2. The highest BCUT2D eigenvalue weighted by Crippen LogP contribution is 2.43. The van der Waals surface area contributed by atoms with Crippen LogP contribution in [0.5, 0.6) is 0 Å². The molecule has 0 aliphatic heterocycles. The van der Waals surface area contributed by atoms with E-state index in [0.29, 0.717) is 12.8 Å². The van der Waals surface area contributed by atoms with Crippen LogP contribution in [0.25, 0.3) is 0 Å². The summed E-state index contributed by atoms with van der Waals surface area (Å²) in [5.41, 5.74) is 5.33. The molecule has 11 nitrogen and oxygen atoms in total. The number of hydrogen-bond donors (Lipinski definition) is 3. The molecule has 56 heavy (non-hydrogen) atoms. The standard InChI is InChI=1S/C44H76NO10P/c1-3-5-7-9-11-13-15-16-17-18-19-20-21-22-23-24-26-28-30-32-34-36-43(47)55-40(38-53-56(50,51)54-39-41(45)44(48)49)37-52-42(46)35-33-31-29-27-25-14-12-10-8-6-4-2/h5,7,10-13,16-17,19-20,40-41H,3-4,6,8-9,14-15,18,21-39,45H2,1-2H3,(H,48,49)(H,50,51)/b7-5-,12-10-,13-11-,17-16-,20-19-. The lowest BCUT2D eigenvalue weighted by molar-refractivity contribution is -0.161. The number of phosphoric ester groups is 1. The molecule has 0 aromatic rings. The van der Waals surface area contributed by atoms with E-state index < -0.39 is 51.1 Å². The minimum atomic E-state index is -4.72. The second-order valence-corrected chi connectivity index (χ2v) is 15.5. The zero-order valence-electron chi connectivity index (χ0n) is 34.7. The van der Waals surface area contributed by atoms with Crippen LogP contribution in [0.2, 0.25) is 0 Å². The van der Waals surface area contributed by atoms with Crippen LogP contribution in [-0.4, -0.2) is 59.9 Å². The largest absolute Gasteiger partial charge is 0.480 e. The van der Waals surface area contributed by atoms with Crippen molar-refractivity contribution in [2.24, 2.45) is 5.73 Å². The number of hydrogen-bond acceptors (Lipinski definition) is 9. The molecule has 0 spiro atoms. The number of phosphoric acid groups is 1. The fraction of sp³-hybridized carbons (Fsp3) is 0.705. The average molecular weight is 810 g/mol. The quantitative estimate of drug-likeness (QED) is 0.0233. The van der Waals surface area contributed by atoms with Crippen LogP contribution in [0.15, 0.2) is 60.8 Å². The summed E-state index contributed by atoms with van der Waals surface area (Å²) in [7, 11) is -4.72. The molecule has 0 aliphatic rings. The Kier molecular flexibility index (Phi) is 37.1. The van der Waals surface area contributed by atoms with Crippen LogP contribution in [-0.2, 0) is 37.5 Å². The van der Waals surface area contributed by atoms with Crippen LogP contribution < -0.4 is 5.73 Å². The van der Waals surface area contributed by atoms with Crippen LogP contribution >= 0.6 is 7.82 Å². The summed E-state index contributed by atoms with van der Waals surface area (Å²) in [5, 5.41) is 8.88. The molecule has 0 amide bonds. The van der Waals surface area contributed by atoms with Gasteiger partial charge in [-0.3, -0.25) is 23.4 Å². The van der Waals surface area contributed by atoms with Crippen molar-refractivity contribution < 1.29 is 47.5 Å². The number of carboxylic acid groups (broad SMARTS) is 1. The normalized spacial score (nSPS) is 14.4. The van der Waals surface area contributed by atoms with E-state index in [9.17, 15) is 23.8 Å². The van der Waals surface area contributed by atoms with Gasteiger partial charge in [-0.2, -0.15) is 0 Å². The molecule has 0 saturated heterocycles. The van der Waals surface area contributed by atoms with E-state index in [2.05, 4.69) is 79.1 Å². The first kappa shape index (κ1) is 53.2. The lowest BCUT2D eigenvalue weighted by atomic mass is 10.1. The van der Waals surface area contributed by atoms with Crippen LogP contribution in [0.1, 0.15) is 168 Å². The van der Waals surface area contributed by atoms with E-state index in [1.165, 1.54) is 32.1 Å². The van der Waals surface area contributed by atoms with Crippen LogP contribution in [0.4, 0.5) is 0 Å². The van der Waals surface area contributed by atoms with Gasteiger partial charge in [0.1, 0.15) is 12.6 Å². The van der Waals surface area contributed by atoms with Crippen LogP contribution in [0.3, 0.4) is 0 Å². The first-order valence-corrected chi connectivity index (χ1v) is 22.8. The van der Waals surface area contributed by atoms with Crippen molar-refractivity contribution in [3.05, 3.63) is 60.8 Å². The second-order valence-electron chi connectivity index (χ2n) is 14.1. The van der Waals surface area contributed by atoms with Gasteiger partial charge in [0.25, 0.3) is 0 Å². The fourth-order valence-corrected chi connectivity index (χ4v) is 6.17. The Hall–Kier alpha value is -2.82. The maximum absolute atomic E-state index is 12.6. The Balaban J connectivity index is 4.35. The van der Waals surface area contributed by atoms with Gasteiger partial charge in [0, 0.05) is 12.8 Å². The Morgan fingerprint density at radius 2 is 1.00 bits per heavy atom. The molecule has 0 heterocycles. The average Bonchev–Trinajstić information content (AvgIpc) is 3.17. The molecule has 322 valence electrons. The summed E-state index contributed by atoms with van der Waals surface area (Å²) < 4.78 is 32.6. The maximum atomic E-state index is 12.6. The summed E-state index contributed by atoms with van der Waals surface area (Å²) in [6, 6.07) is -1.53. The van der Waals surface area contributed by atoms with Crippen molar-refractivity contribution in [1.29, 1.82) is 0 Å². The minimum absolute atomic E-state index is 0.147. The van der Waals surface area contributed by atoms with Gasteiger partial charge in [-0.25, -0.2) is 4.57 Å². The summed E-state index contributed by atoms with van der Waals surface area (Å²) >= 11 is 0. The third-order valence-electron chi connectivity index (χ3n) is 8.75. The van der Waals surface area contributed by atoms with E-state index in [0.717, 1.165) is 96.3 Å². The smallest absolute Gasteiger partial charge is 0.472 e. The lowest BCUT2D eigenvalue weighted by Gasteiger charge is -2.20. The number of carbonyl (C=O) groups is 3. The molecular formula is C44H76NO10P. The summed E-state index contributed by atoms with van der Waals surface area (Å²) in [5.74, 6) is -2.41. The molecule has 4 N–H and O–H groups in total. The number of carbonyl (C=O) groups excluding carboxylic acids is 2. The third kappa shape index (κ3) is 38.1. The van der Waals surface area contributed by atoms with Crippen molar-refractivity contribution in [1.82, 2.24) is 0 Å². The molecular weight excluding hydrogens is 733 g/mol. The molecule has 12 heteroatoms. The number of unbranched alkanes of at least 4 members (excludes halogenated alkanes) is 15. The maximum Gasteiger partial charge on any atom is 0.472 e. The van der Waals surface area contributed by atoms with Gasteiger partial charge in [0.15, 0.2) is 6.10 Å². The number of carboxylic acids is 1. The monoisotopic (exact) mass is 810 g/mol. The molecule has 0 fully saturated rings. The highest BCUT2D eigenvalue weighted by molar-refractivity contribution is 7.47. The molecule has 0 saturated carbocycles. The zero-order chi connectivity index (χ0) is 41.4. The van der Waals surface area contributed by atoms with Gasteiger partial charge in [0.2, 0.25) is 0 Å². The predicted molar refractivity (Wildman–Crippen MR) is 226 cm³/mol. The van der Waals surface area contributed by atoms with Gasteiger partial charge in [-0.05, 0) is 70.6 Å². The van der Waals surface area contributed by atoms with Gasteiger partial charge in [-0.1, -0.05) is 145 Å². The molecule has 0 rings (SSSR count). The van der Waals surface area contributed by atoms with E-state index >= 15 is 0 Å². The Bertz CT molecular complexity index is 1180. The summed E-state index contributed by atoms with van der Waals surface area (Å²) in [6.07, 6.45) is 44.3. The Morgan fingerprint density at radius 3 is 1.52 bits per heavy atom. The first-order valence-electron chi connectivity index (χ1n) is 21.3. The van der Waals surface area contributed by atoms with Crippen molar-refractivity contribution >= 4 is 25.7 Å². The zero-order valence-corrected chi connectivity index (χ0v) is 35.6. The number of allylic oxidation sites excluding steroid dienone is 10. The van der Waals surface area contributed by atoms with Gasteiger partial charge in [0.05, 0.1) is 13.2 Å². The highest BCUT2D eigenvalue weighted by Gasteiger charge is 2.28. The number of rotatable bonds is 39. The van der Waals surface area contributed by atoms with E-state index in [4.69, 9.17) is 24.8 Å². The van der Waals surface area contributed by atoms with E-state index in [-0.39, 0.29) is 19.4 Å². The van der Waals surface area contributed by atoms with Crippen molar-refractivity contribution in [3.8, 4) is 0 Å². The van der Waals surface area contributed by atoms with E-state index in [1.54, 1.807) is 0 Å². The minimum Gasteiger partial charge on any atom is -0.480 e. The SMILES string of the molecule is CC/C=C\C/C=C\C/C=C\C/C=C\CCCCCCCCCCC(=O)OC(COC(=O)CCCCCCC/C=C\CCCC)COP(=O)(O)OCC(N)C(=O)O. The molecule has 3 unspecified atom stereocenters. The number of nitrogens with two attached hydrogens (primary N) is 1. The third-order valence-corrected chi connectivity index (χ3v) is 9.70. The fourth-order valence-electron chi connectivity index (χ4n) is 5.39. The van der Waals surface area contributed by atoms with Gasteiger partial charge >= 0.3 is 25.7 Å². The lowest BCUT2D eigenvalue weighted by Crippen LogP contribution is -2.34. The summed E-state index contributed by atoms with van der Waals surface area (Å²) in [6.45, 7) is 2.62.